The number of hydrogen-bond acceptors (Lipinski definition) is 4. The molecule has 0 bridgehead atoms. The van der Waals surface area contributed by atoms with Crippen molar-refractivity contribution in [2.75, 3.05) is 13.6 Å². The first-order valence-electron chi connectivity index (χ1n) is 5.13. The molecule has 0 aliphatic heterocycles. The summed E-state index contributed by atoms with van der Waals surface area (Å²) < 4.78 is 0. The lowest BCUT2D eigenvalue weighted by Crippen LogP contribution is -2.11. The molecule has 1 aromatic heterocycles. The van der Waals surface area contributed by atoms with Crippen LogP contribution in [0.15, 0.2) is 0 Å². The summed E-state index contributed by atoms with van der Waals surface area (Å²) >= 11 is 0. The molecule has 0 amide bonds. The first kappa shape index (κ1) is 11.1. The standard InChI is InChI=1S/C9H19N5/c1-8(2)5-7-14-12-9(11-13-14)4-6-10-3/h8,10H,4-7H2,1-3H3. The first-order chi connectivity index (χ1) is 6.72. The highest BCUT2D eigenvalue weighted by Gasteiger charge is 2.02. The van der Waals surface area contributed by atoms with E-state index < -0.39 is 0 Å². The Kier molecular flexibility index (Phi) is 4.52. The van der Waals surface area contributed by atoms with Gasteiger partial charge in [0.25, 0.3) is 0 Å². The molecule has 1 aromatic rings. The fourth-order valence-electron chi connectivity index (χ4n) is 1.08. The molecule has 0 spiro atoms. The van der Waals surface area contributed by atoms with E-state index in [4.69, 9.17) is 0 Å². The Hall–Kier alpha value is -0.970. The fourth-order valence-corrected chi connectivity index (χ4v) is 1.08. The number of nitrogens with zero attached hydrogens (tertiary/aromatic N) is 4. The van der Waals surface area contributed by atoms with Crippen LogP contribution in [0.2, 0.25) is 0 Å². The molecule has 0 aliphatic carbocycles. The molecular formula is C9H19N5. The molecule has 0 atom stereocenters. The third kappa shape index (κ3) is 3.83. The molecule has 5 heteroatoms. The van der Waals surface area contributed by atoms with E-state index in [0.29, 0.717) is 5.92 Å². The van der Waals surface area contributed by atoms with E-state index in [-0.39, 0.29) is 0 Å². The Labute approximate surface area is 84.9 Å². The molecule has 0 aliphatic rings. The normalized spacial score (nSPS) is 11.1. The van der Waals surface area contributed by atoms with Crippen LogP contribution in [-0.2, 0) is 13.0 Å². The Balaban J connectivity index is 2.35. The molecule has 1 heterocycles. The predicted octanol–water partition coefficient (Wildman–Crippen LogP) is 0.481. The van der Waals surface area contributed by atoms with Gasteiger partial charge in [0.15, 0.2) is 5.82 Å². The number of rotatable bonds is 6. The second-order valence-electron chi connectivity index (χ2n) is 3.84. The van der Waals surface area contributed by atoms with Gasteiger partial charge in [-0.15, -0.1) is 10.2 Å². The molecule has 1 rings (SSSR count). The summed E-state index contributed by atoms with van der Waals surface area (Å²) in [5.41, 5.74) is 0. The molecule has 0 radical (unpaired) electrons. The van der Waals surface area contributed by atoms with Gasteiger partial charge in [0, 0.05) is 13.0 Å². The van der Waals surface area contributed by atoms with E-state index in [9.17, 15) is 0 Å². The second-order valence-corrected chi connectivity index (χ2v) is 3.84. The molecule has 0 aromatic carbocycles. The van der Waals surface area contributed by atoms with Crippen LogP contribution >= 0.6 is 0 Å². The van der Waals surface area contributed by atoms with Gasteiger partial charge in [-0.3, -0.25) is 0 Å². The summed E-state index contributed by atoms with van der Waals surface area (Å²) in [4.78, 5) is 1.69. The Bertz CT molecular complexity index is 255. The lowest BCUT2D eigenvalue weighted by atomic mass is 10.1. The Morgan fingerprint density at radius 1 is 1.43 bits per heavy atom. The van der Waals surface area contributed by atoms with Crippen molar-refractivity contribution in [1.29, 1.82) is 0 Å². The quantitative estimate of drug-likeness (QED) is 0.720. The van der Waals surface area contributed by atoms with Crippen molar-refractivity contribution in [2.45, 2.75) is 33.2 Å². The average molecular weight is 197 g/mol. The minimum atomic E-state index is 0.682. The zero-order valence-electron chi connectivity index (χ0n) is 9.19. The highest BCUT2D eigenvalue weighted by molar-refractivity contribution is 4.77. The smallest absolute Gasteiger partial charge is 0.176 e. The van der Waals surface area contributed by atoms with Crippen LogP contribution < -0.4 is 5.32 Å². The average Bonchev–Trinajstić information content (AvgIpc) is 2.59. The molecule has 1 N–H and O–H groups in total. The van der Waals surface area contributed by atoms with Gasteiger partial charge in [-0.25, -0.2) is 0 Å². The van der Waals surface area contributed by atoms with Crippen molar-refractivity contribution in [3.8, 4) is 0 Å². The van der Waals surface area contributed by atoms with Gasteiger partial charge in [0.1, 0.15) is 0 Å². The number of likely N-dealkylation sites (N-methyl/N-ethyl adjacent to an activating group) is 1. The molecule has 0 saturated heterocycles. The SMILES string of the molecule is CNCCc1nnn(CCC(C)C)n1. The van der Waals surface area contributed by atoms with Gasteiger partial charge in [-0.05, 0) is 24.6 Å². The van der Waals surface area contributed by atoms with E-state index in [2.05, 4.69) is 34.6 Å². The first-order valence-corrected chi connectivity index (χ1v) is 5.13. The van der Waals surface area contributed by atoms with Crippen molar-refractivity contribution in [1.82, 2.24) is 25.5 Å². The number of aromatic nitrogens is 4. The van der Waals surface area contributed by atoms with Gasteiger partial charge in [-0.2, -0.15) is 4.80 Å². The molecule has 0 saturated carbocycles. The highest BCUT2D eigenvalue weighted by atomic mass is 15.6. The van der Waals surface area contributed by atoms with Gasteiger partial charge in [-0.1, -0.05) is 13.8 Å². The summed E-state index contributed by atoms with van der Waals surface area (Å²) in [6.07, 6.45) is 1.94. The zero-order valence-corrected chi connectivity index (χ0v) is 9.19. The van der Waals surface area contributed by atoms with Crippen LogP contribution in [0, 0.1) is 5.92 Å². The number of nitrogens with one attached hydrogen (secondary N) is 1. The summed E-state index contributed by atoms with van der Waals surface area (Å²) in [5.74, 6) is 1.50. The van der Waals surface area contributed by atoms with E-state index in [1.807, 2.05) is 7.05 Å². The number of tetrazole rings is 1. The van der Waals surface area contributed by atoms with Crippen molar-refractivity contribution in [3.05, 3.63) is 5.82 Å². The predicted molar refractivity (Wildman–Crippen MR) is 54.9 cm³/mol. The third-order valence-electron chi connectivity index (χ3n) is 2.00. The van der Waals surface area contributed by atoms with Crippen molar-refractivity contribution >= 4 is 0 Å². The third-order valence-corrected chi connectivity index (χ3v) is 2.00. The van der Waals surface area contributed by atoms with Crippen molar-refractivity contribution in [3.63, 3.8) is 0 Å². The van der Waals surface area contributed by atoms with Crippen LogP contribution in [0.25, 0.3) is 0 Å². The van der Waals surface area contributed by atoms with Gasteiger partial charge in [0.05, 0.1) is 6.54 Å². The summed E-state index contributed by atoms with van der Waals surface area (Å²) in [6, 6.07) is 0. The minimum absolute atomic E-state index is 0.682. The molecular weight excluding hydrogens is 178 g/mol. The van der Waals surface area contributed by atoms with Crippen molar-refractivity contribution in [2.24, 2.45) is 5.92 Å². The minimum Gasteiger partial charge on any atom is -0.319 e. The van der Waals surface area contributed by atoms with Crippen LogP contribution in [0.1, 0.15) is 26.1 Å². The van der Waals surface area contributed by atoms with E-state index in [0.717, 1.165) is 31.8 Å². The monoisotopic (exact) mass is 197 g/mol. The lowest BCUT2D eigenvalue weighted by Gasteiger charge is -2.01. The Morgan fingerprint density at radius 3 is 2.86 bits per heavy atom. The number of hydrogen-bond donors (Lipinski definition) is 1. The number of aryl methyl sites for hydroxylation is 1. The molecule has 80 valence electrons. The van der Waals surface area contributed by atoms with E-state index in [1.54, 1.807) is 4.80 Å². The van der Waals surface area contributed by atoms with Gasteiger partial charge in [0.2, 0.25) is 0 Å². The zero-order chi connectivity index (χ0) is 10.4. The van der Waals surface area contributed by atoms with Gasteiger partial charge < -0.3 is 5.32 Å². The van der Waals surface area contributed by atoms with Gasteiger partial charge >= 0.3 is 0 Å². The molecule has 5 nitrogen and oxygen atoms in total. The van der Waals surface area contributed by atoms with Crippen LogP contribution in [-0.4, -0.2) is 33.8 Å². The summed E-state index contributed by atoms with van der Waals surface area (Å²) in [6.45, 7) is 6.15. The fraction of sp³-hybridized carbons (Fsp3) is 0.889. The lowest BCUT2D eigenvalue weighted by molar-refractivity contribution is 0.441. The maximum Gasteiger partial charge on any atom is 0.176 e. The van der Waals surface area contributed by atoms with Crippen LogP contribution in [0.3, 0.4) is 0 Å². The van der Waals surface area contributed by atoms with Crippen molar-refractivity contribution < 1.29 is 0 Å². The Morgan fingerprint density at radius 2 is 2.21 bits per heavy atom. The molecule has 0 unspecified atom stereocenters. The van der Waals surface area contributed by atoms with Crippen LogP contribution in [0.5, 0.6) is 0 Å². The molecule has 14 heavy (non-hydrogen) atoms. The maximum atomic E-state index is 4.27. The summed E-state index contributed by atoms with van der Waals surface area (Å²) in [7, 11) is 1.92. The van der Waals surface area contributed by atoms with Crippen LogP contribution in [0.4, 0.5) is 0 Å². The second kappa shape index (κ2) is 5.70. The summed E-state index contributed by atoms with van der Waals surface area (Å²) in [5, 5.41) is 15.3. The topological polar surface area (TPSA) is 55.6 Å². The highest BCUT2D eigenvalue weighted by Crippen LogP contribution is 2.00. The maximum absolute atomic E-state index is 4.27. The van der Waals surface area contributed by atoms with E-state index >= 15 is 0 Å². The largest absolute Gasteiger partial charge is 0.319 e. The van der Waals surface area contributed by atoms with E-state index in [1.165, 1.54) is 0 Å². The molecule has 0 fully saturated rings.